The molecule has 0 aliphatic carbocycles. The Morgan fingerprint density at radius 3 is 2.77 bits per heavy atom. The van der Waals surface area contributed by atoms with Crippen LogP contribution in [0.5, 0.6) is 0 Å². The van der Waals surface area contributed by atoms with Gasteiger partial charge >= 0.3 is 5.97 Å². The summed E-state index contributed by atoms with van der Waals surface area (Å²) >= 11 is 0. The van der Waals surface area contributed by atoms with Crippen LogP contribution in [0, 0.1) is 5.92 Å². The Morgan fingerprint density at radius 1 is 1.19 bits per heavy atom. The normalized spacial score (nSPS) is 12.9. The van der Waals surface area contributed by atoms with Gasteiger partial charge < -0.3 is 14.7 Å². The minimum Gasteiger partial charge on any atom is -0.480 e. The van der Waals surface area contributed by atoms with E-state index in [1.807, 2.05) is 73.1 Å². The Kier molecular flexibility index (Phi) is 3.99. The molecule has 132 valence electrons. The van der Waals surface area contributed by atoms with Crippen molar-refractivity contribution >= 4 is 27.9 Å². The monoisotopic (exact) mass is 347 g/mol. The Labute approximate surface area is 151 Å². The highest BCUT2D eigenvalue weighted by molar-refractivity contribution is 5.88. The van der Waals surface area contributed by atoms with Crippen LogP contribution in [0.2, 0.25) is 0 Å². The van der Waals surface area contributed by atoms with Crippen molar-refractivity contribution in [2.75, 3.05) is 0 Å². The standard InChI is InChI=1S/C21H21N3O2/c1-13(2)11-19(21(25)26)24-18-6-4-3-5-16(18)23-20(24)15-8-7-14-9-10-22-17(14)12-15/h3-10,12-13,19,22H,11H2,1-2H3,(H,25,26). The van der Waals surface area contributed by atoms with Gasteiger partial charge in [-0.25, -0.2) is 9.78 Å². The third-order valence-electron chi connectivity index (χ3n) is 4.70. The predicted octanol–water partition coefficient (Wildman–Crippen LogP) is 4.86. The molecule has 0 fully saturated rings. The second-order valence-corrected chi connectivity index (χ2v) is 7.06. The highest BCUT2D eigenvalue weighted by Gasteiger charge is 2.26. The van der Waals surface area contributed by atoms with E-state index in [4.69, 9.17) is 4.98 Å². The number of fused-ring (bicyclic) bond motifs is 2. The van der Waals surface area contributed by atoms with Crippen LogP contribution in [0.4, 0.5) is 0 Å². The molecule has 0 amide bonds. The van der Waals surface area contributed by atoms with Gasteiger partial charge in [0.15, 0.2) is 0 Å². The zero-order valence-electron chi connectivity index (χ0n) is 14.8. The van der Waals surface area contributed by atoms with Crippen LogP contribution in [-0.4, -0.2) is 25.6 Å². The average Bonchev–Trinajstić information content (AvgIpc) is 3.22. The van der Waals surface area contributed by atoms with Crippen LogP contribution in [0.15, 0.2) is 54.7 Å². The van der Waals surface area contributed by atoms with Gasteiger partial charge in [0.1, 0.15) is 11.9 Å². The number of nitrogens with zero attached hydrogens (tertiary/aromatic N) is 2. The number of rotatable bonds is 5. The molecule has 0 spiro atoms. The van der Waals surface area contributed by atoms with Crippen LogP contribution in [0.1, 0.15) is 26.3 Å². The number of aromatic amines is 1. The van der Waals surface area contributed by atoms with E-state index in [9.17, 15) is 9.90 Å². The molecule has 0 saturated carbocycles. The smallest absolute Gasteiger partial charge is 0.326 e. The predicted molar refractivity (Wildman–Crippen MR) is 103 cm³/mol. The van der Waals surface area contributed by atoms with Gasteiger partial charge in [-0.3, -0.25) is 0 Å². The second kappa shape index (κ2) is 6.33. The van der Waals surface area contributed by atoms with Gasteiger partial charge in [0, 0.05) is 17.3 Å². The number of H-pyrrole nitrogens is 1. The molecule has 26 heavy (non-hydrogen) atoms. The van der Waals surface area contributed by atoms with E-state index in [1.165, 1.54) is 0 Å². The zero-order chi connectivity index (χ0) is 18.3. The molecule has 1 atom stereocenters. The van der Waals surface area contributed by atoms with E-state index in [-0.39, 0.29) is 5.92 Å². The number of hydrogen-bond donors (Lipinski definition) is 2. The molecule has 0 aliphatic heterocycles. The lowest BCUT2D eigenvalue weighted by Crippen LogP contribution is -2.21. The van der Waals surface area contributed by atoms with Gasteiger partial charge in [-0.2, -0.15) is 0 Å². The number of imidazole rings is 1. The van der Waals surface area contributed by atoms with E-state index < -0.39 is 12.0 Å². The summed E-state index contributed by atoms with van der Waals surface area (Å²) in [5, 5.41) is 11.0. The fraction of sp³-hybridized carbons (Fsp3) is 0.238. The summed E-state index contributed by atoms with van der Waals surface area (Å²) in [5.74, 6) is 0.121. The number of carbonyl (C=O) groups is 1. The first-order valence-corrected chi connectivity index (χ1v) is 8.82. The summed E-state index contributed by atoms with van der Waals surface area (Å²) < 4.78 is 1.88. The largest absolute Gasteiger partial charge is 0.480 e. The highest BCUT2D eigenvalue weighted by atomic mass is 16.4. The van der Waals surface area contributed by atoms with Gasteiger partial charge in [0.05, 0.1) is 11.0 Å². The van der Waals surface area contributed by atoms with E-state index in [0.29, 0.717) is 12.2 Å². The van der Waals surface area contributed by atoms with Crippen molar-refractivity contribution in [1.82, 2.24) is 14.5 Å². The summed E-state index contributed by atoms with van der Waals surface area (Å²) in [5.41, 5.74) is 3.58. The molecule has 0 radical (unpaired) electrons. The van der Waals surface area contributed by atoms with E-state index in [0.717, 1.165) is 27.5 Å². The lowest BCUT2D eigenvalue weighted by Gasteiger charge is -2.20. The minimum absolute atomic E-state index is 0.260. The summed E-state index contributed by atoms with van der Waals surface area (Å²) in [6.45, 7) is 4.08. The first-order chi connectivity index (χ1) is 12.5. The molecule has 0 saturated heterocycles. The SMILES string of the molecule is CC(C)CC(C(=O)O)n1c(-c2ccc3cc[nH]c3c2)nc2ccccc21. The number of carboxylic acid groups (broad SMARTS) is 1. The third kappa shape index (κ3) is 2.75. The lowest BCUT2D eigenvalue weighted by molar-refractivity contribution is -0.141. The van der Waals surface area contributed by atoms with Crippen molar-refractivity contribution in [3.8, 4) is 11.4 Å². The molecule has 5 nitrogen and oxygen atoms in total. The van der Waals surface area contributed by atoms with Crippen molar-refractivity contribution in [1.29, 1.82) is 0 Å². The van der Waals surface area contributed by atoms with Crippen LogP contribution in [0.25, 0.3) is 33.3 Å². The molecule has 2 N–H and O–H groups in total. The van der Waals surface area contributed by atoms with Crippen molar-refractivity contribution < 1.29 is 9.90 Å². The number of para-hydroxylation sites is 2. The Morgan fingerprint density at radius 2 is 2.00 bits per heavy atom. The van der Waals surface area contributed by atoms with Gasteiger partial charge in [0.25, 0.3) is 0 Å². The maximum absolute atomic E-state index is 12.1. The van der Waals surface area contributed by atoms with E-state index in [1.54, 1.807) is 0 Å². The third-order valence-corrected chi connectivity index (χ3v) is 4.70. The Balaban J connectivity index is 1.97. The second-order valence-electron chi connectivity index (χ2n) is 7.06. The quantitative estimate of drug-likeness (QED) is 0.542. The fourth-order valence-corrected chi connectivity index (χ4v) is 3.51. The lowest BCUT2D eigenvalue weighted by atomic mass is 10.0. The number of aliphatic carboxylic acids is 1. The van der Waals surface area contributed by atoms with E-state index >= 15 is 0 Å². The summed E-state index contributed by atoms with van der Waals surface area (Å²) in [6.07, 6.45) is 2.45. The molecule has 2 aromatic carbocycles. The zero-order valence-corrected chi connectivity index (χ0v) is 14.8. The molecule has 0 aliphatic rings. The van der Waals surface area contributed by atoms with Gasteiger partial charge in [-0.05, 0) is 42.0 Å². The maximum atomic E-state index is 12.1. The van der Waals surface area contributed by atoms with Crippen molar-refractivity contribution in [2.45, 2.75) is 26.3 Å². The first-order valence-electron chi connectivity index (χ1n) is 8.82. The van der Waals surface area contributed by atoms with Crippen LogP contribution in [0.3, 0.4) is 0 Å². The van der Waals surface area contributed by atoms with Crippen molar-refractivity contribution in [3.63, 3.8) is 0 Å². The molecule has 2 aromatic heterocycles. The van der Waals surface area contributed by atoms with Crippen molar-refractivity contribution in [3.05, 3.63) is 54.7 Å². The molecule has 0 bridgehead atoms. The number of carboxylic acids is 1. The van der Waals surface area contributed by atoms with Crippen molar-refractivity contribution in [2.24, 2.45) is 5.92 Å². The number of hydrogen-bond acceptors (Lipinski definition) is 2. The Bertz CT molecular complexity index is 1090. The molecule has 4 rings (SSSR count). The van der Waals surface area contributed by atoms with Gasteiger partial charge in [-0.1, -0.05) is 38.1 Å². The number of nitrogens with one attached hydrogen (secondary N) is 1. The number of aromatic nitrogens is 3. The average molecular weight is 347 g/mol. The number of benzene rings is 2. The van der Waals surface area contributed by atoms with E-state index in [2.05, 4.69) is 4.98 Å². The maximum Gasteiger partial charge on any atom is 0.326 e. The highest BCUT2D eigenvalue weighted by Crippen LogP contribution is 2.32. The summed E-state index contributed by atoms with van der Waals surface area (Å²) in [7, 11) is 0. The van der Waals surface area contributed by atoms with Crippen LogP contribution >= 0.6 is 0 Å². The minimum atomic E-state index is -0.830. The molecule has 5 heteroatoms. The van der Waals surface area contributed by atoms with Gasteiger partial charge in [0.2, 0.25) is 0 Å². The van der Waals surface area contributed by atoms with Crippen LogP contribution in [-0.2, 0) is 4.79 Å². The topological polar surface area (TPSA) is 70.9 Å². The molecular formula is C21H21N3O2. The fourth-order valence-electron chi connectivity index (χ4n) is 3.51. The molecule has 4 aromatic rings. The molecular weight excluding hydrogens is 326 g/mol. The van der Waals surface area contributed by atoms with Crippen LogP contribution < -0.4 is 0 Å². The summed E-state index contributed by atoms with van der Waals surface area (Å²) in [6, 6.07) is 15.1. The molecule has 2 heterocycles. The molecule has 1 unspecified atom stereocenters. The Hall–Kier alpha value is -3.08. The first kappa shape index (κ1) is 16.4. The van der Waals surface area contributed by atoms with Gasteiger partial charge in [-0.15, -0.1) is 0 Å². The summed E-state index contributed by atoms with van der Waals surface area (Å²) in [4.78, 5) is 20.1.